The van der Waals surface area contributed by atoms with Crippen molar-refractivity contribution < 1.29 is 18.7 Å². The highest BCUT2D eigenvalue weighted by atomic mass is 35.5. The molecule has 1 aliphatic rings. The number of nitrogens with one attached hydrogen (secondary N) is 1. The number of halogens is 2. The molecule has 192 valence electrons. The number of H-pyrrole nitrogens is 1. The topological polar surface area (TPSA) is 85.3 Å². The molecule has 6 rings (SSSR count). The molecule has 1 amide bonds. The minimum absolute atomic E-state index is 0.278. The monoisotopic (exact) mass is 531 g/mol. The molecular weight excluding hydrogens is 509 g/mol. The van der Waals surface area contributed by atoms with Crippen molar-refractivity contribution in [2.45, 2.75) is 19.0 Å². The molecule has 3 heterocycles. The number of hydrogen-bond acceptors (Lipinski definition) is 5. The molecule has 8 nitrogen and oxygen atoms in total. The van der Waals surface area contributed by atoms with Gasteiger partial charge in [0.1, 0.15) is 30.0 Å². The Morgan fingerprint density at radius 1 is 1.08 bits per heavy atom. The Morgan fingerprint density at radius 2 is 1.87 bits per heavy atom. The van der Waals surface area contributed by atoms with Crippen molar-refractivity contribution in [1.82, 2.24) is 24.9 Å². The van der Waals surface area contributed by atoms with Crippen molar-refractivity contribution in [3.63, 3.8) is 0 Å². The average molecular weight is 532 g/mol. The van der Waals surface area contributed by atoms with Gasteiger partial charge in [-0.3, -0.25) is 4.90 Å². The van der Waals surface area contributed by atoms with Gasteiger partial charge in [-0.2, -0.15) is 0 Å². The van der Waals surface area contributed by atoms with Gasteiger partial charge in [0.05, 0.1) is 12.7 Å². The molecule has 1 N–H and O–H groups in total. The molecule has 38 heavy (non-hydrogen) atoms. The maximum absolute atomic E-state index is 13.4. The molecule has 0 spiro atoms. The predicted octanol–water partition coefficient (Wildman–Crippen LogP) is 5.78. The fourth-order valence-electron chi connectivity index (χ4n) is 4.82. The number of benzene rings is 3. The van der Waals surface area contributed by atoms with E-state index < -0.39 is 18.0 Å². The van der Waals surface area contributed by atoms with E-state index in [-0.39, 0.29) is 5.75 Å². The lowest BCUT2D eigenvalue weighted by molar-refractivity contribution is 0.135. The summed E-state index contributed by atoms with van der Waals surface area (Å²) in [6.45, 7) is 1.46. The summed E-state index contributed by atoms with van der Waals surface area (Å²) in [5.74, 6) is 0.583. The number of amides is 1. The van der Waals surface area contributed by atoms with Gasteiger partial charge in [-0.1, -0.05) is 28.9 Å². The van der Waals surface area contributed by atoms with E-state index in [0.29, 0.717) is 36.9 Å². The third-order valence-electron chi connectivity index (χ3n) is 6.60. The zero-order chi connectivity index (χ0) is 26.1. The number of aromatic amines is 1. The molecule has 0 radical (unpaired) electrons. The lowest BCUT2D eigenvalue weighted by Gasteiger charge is -2.35. The molecule has 0 fully saturated rings. The van der Waals surface area contributed by atoms with Crippen molar-refractivity contribution in [3.05, 3.63) is 107 Å². The largest absolute Gasteiger partial charge is 0.492 e. The molecule has 2 aromatic heterocycles. The summed E-state index contributed by atoms with van der Waals surface area (Å²) in [5.41, 5.74) is 3.87. The smallest absolute Gasteiger partial charge is 0.416 e. The summed E-state index contributed by atoms with van der Waals surface area (Å²) in [7, 11) is 0. The van der Waals surface area contributed by atoms with Gasteiger partial charge in [0, 0.05) is 34.4 Å². The Morgan fingerprint density at radius 3 is 2.63 bits per heavy atom. The van der Waals surface area contributed by atoms with Gasteiger partial charge >= 0.3 is 6.09 Å². The molecule has 1 atom stereocenters. The van der Waals surface area contributed by atoms with Crippen LogP contribution in [-0.4, -0.2) is 44.1 Å². The molecule has 3 aromatic carbocycles. The van der Waals surface area contributed by atoms with Crippen molar-refractivity contribution in [2.24, 2.45) is 0 Å². The van der Waals surface area contributed by atoms with E-state index in [0.717, 1.165) is 27.7 Å². The van der Waals surface area contributed by atoms with E-state index in [1.54, 1.807) is 22.0 Å². The highest BCUT2D eigenvalue weighted by molar-refractivity contribution is 6.31. The van der Waals surface area contributed by atoms with Crippen molar-refractivity contribution >= 4 is 28.6 Å². The van der Waals surface area contributed by atoms with Gasteiger partial charge in [-0.15, -0.1) is 5.10 Å². The molecular formula is C28H23ClFN5O3. The SMILES string of the molecule is O=C(Oc1ccc(F)cc1)N1CCc2c([nH]c3ccc(Cl)cc23)C1c1ccc(OCCn2ccnn2)cc1. The van der Waals surface area contributed by atoms with Crippen LogP contribution in [0.25, 0.3) is 10.9 Å². The number of carbonyl (C=O) groups is 1. The van der Waals surface area contributed by atoms with E-state index in [2.05, 4.69) is 15.3 Å². The molecule has 0 bridgehead atoms. The van der Waals surface area contributed by atoms with Crippen LogP contribution in [0.3, 0.4) is 0 Å². The van der Waals surface area contributed by atoms with Gasteiger partial charge in [0.15, 0.2) is 0 Å². The number of hydrogen-bond donors (Lipinski definition) is 1. The lowest BCUT2D eigenvalue weighted by Crippen LogP contribution is -2.42. The van der Waals surface area contributed by atoms with Gasteiger partial charge in [0.25, 0.3) is 0 Å². The van der Waals surface area contributed by atoms with E-state index in [9.17, 15) is 9.18 Å². The van der Waals surface area contributed by atoms with Crippen LogP contribution in [0.4, 0.5) is 9.18 Å². The third-order valence-corrected chi connectivity index (χ3v) is 6.83. The first-order chi connectivity index (χ1) is 18.5. The van der Waals surface area contributed by atoms with E-state index >= 15 is 0 Å². The zero-order valence-corrected chi connectivity index (χ0v) is 20.9. The molecule has 10 heteroatoms. The normalized spacial score (nSPS) is 14.9. The minimum atomic E-state index is -0.517. The van der Waals surface area contributed by atoms with Crippen LogP contribution in [0, 0.1) is 5.82 Å². The first-order valence-electron chi connectivity index (χ1n) is 12.2. The van der Waals surface area contributed by atoms with Crippen LogP contribution < -0.4 is 9.47 Å². The highest BCUT2D eigenvalue weighted by Gasteiger charge is 2.35. The maximum atomic E-state index is 13.4. The number of ether oxygens (including phenoxy) is 2. The first kappa shape index (κ1) is 24.0. The summed E-state index contributed by atoms with van der Waals surface area (Å²) >= 11 is 6.30. The van der Waals surface area contributed by atoms with Gasteiger partial charge in [0.2, 0.25) is 0 Å². The van der Waals surface area contributed by atoms with Crippen LogP contribution in [0.2, 0.25) is 5.02 Å². The van der Waals surface area contributed by atoms with Crippen LogP contribution in [0.15, 0.2) is 79.1 Å². The van der Waals surface area contributed by atoms with Crippen molar-refractivity contribution in [2.75, 3.05) is 13.2 Å². The Hall–Kier alpha value is -4.37. The van der Waals surface area contributed by atoms with Crippen LogP contribution in [0.1, 0.15) is 22.9 Å². The average Bonchev–Trinajstić information content (AvgIpc) is 3.57. The molecule has 0 saturated carbocycles. The van der Waals surface area contributed by atoms with Gasteiger partial charge < -0.3 is 14.5 Å². The van der Waals surface area contributed by atoms with Crippen molar-refractivity contribution in [1.29, 1.82) is 0 Å². The first-order valence-corrected chi connectivity index (χ1v) is 12.5. The summed E-state index contributed by atoms with van der Waals surface area (Å²) in [5, 5.41) is 9.42. The number of aromatic nitrogens is 4. The van der Waals surface area contributed by atoms with Crippen LogP contribution in [-0.2, 0) is 13.0 Å². The second-order valence-corrected chi connectivity index (χ2v) is 9.40. The predicted molar refractivity (Wildman–Crippen MR) is 140 cm³/mol. The third kappa shape index (κ3) is 4.80. The van der Waals surface area contributed by atoms with Gasteiger partial charge in [-0.05, 0) is 72.1 Å². The lowest BCUT2D eigenvalue weighted by atomic mass is 9.92. The minimum Gasteiger partial charge on any atom is -0.492 e. The van der Waals surface area contributed by atoms with E-state index in [4.69, 9.17) is 21.1 Å². The Labute approximate surface area is 222 Å². The number of fused-ring (bicyclic) bond motifs is 3. The number of rotatable bonds is 6. The molecule has 1 aliphatic heterocycles. The van der Waals surface area contributed by atoms with Crippen LogP contribution in [0.5, 0.6) is 11.5 Å². The molecule has 0 saturated heterocycles. The van der Waals surface area contributed by atoms with Crippen molar-refractivity contribution in [3.8, 4) is 11.5 Å². The van der Waals surface area contributed by atoms with Crippen LogP contribution >= 0.6 is 11.6 Å². The second kappa shape index (κ2) is 10.2. The molecule has 0 aliphatic carbocycles. The maximum Gasteiger partial charge on any atom is 0.416 e. The highest BCUT2D eigenvalue weighted by Crippen LogP contribution is 2.40. The second-order valence-electron chi connectivity index (χ2n) is 8.96. The standard InChI is InChI=1S/C28H23ClFN5O3/c29-19-3-10-25-24(17-19)23-11-13-35(28(36)38-22-8-4-20(30)5-9-22)27(26(23)32-25)18-1-6-21(7-2-18)37-16-15-34-14-12-31-33-34/h1-10,12,14,17,27,32H,11,13,15-16H2. The zero-order valence-electron chi connectivity index (χ0n) is 20.2. The van der Waals surface area contributed by atoms with Gasteiger partial charge in [-0.25, -0.2) is 13.9 Å². The van der Waals surface area contributed by atoms with E-state index in [1.807, 2.05) is 42.5 Å². The summed E-state index contributed by atoms with van der Waals surface area (Å²) < 4.78 is 26.6. The molecule has 1 unspecified atom stereocenters. The summed E-state index contributed by atoms with van der Waals surface area (Å²) in [6, 6.07) is 18.4. The Balaban J connectivity index is 1.30. The van der Waals surface area contributed by atoms with E-state index in [1.165, 1.54) is 24.3 Å². The summed E-state index contributed by atoms with van der Waals surface area (Å²) in [6.07, 6.45) is 3.52. The number of nitrogens with zero attached hydrogens (tertiary/aromatic N) is 4. The number of carbonyl (C=O) groups excluding carboxylic acids is 1. The fourth-order valence-corrected chi connectivity index (χ4v) is 4.99. The molecule has 5 aromatic rings. The Kier molecular flexibility index (Phi) is 6.43. The fraction of sp³-hybridized carbons (Fsp3) is 0.179. The summed E-state index contributed by atoms with van der Waals surface area (Å²) in [4.78, 5) is 18.6. The Bertz CT molecular complexity index is 1570. The quantitative estimate of drug-likeness (QED) is 0.300.